The SMILES string of the molecule is COc1ccc(COc2c(C)cccc2CCl)cc1F. The van der Waals surface area contributed by atoms with Crippen LogP contribution in [0.2, 0.25) is 0 Å². The number of hydrogen-bond acceptors (Lipinski definition) is 2. The number of ether oxygens (including phenoxy) is 2. The van der Waals surface area contributed by atoms with Crippen LogP contribution in [-0.4, -0.2) is 7.11 Å². The van der Waals surface area contributed by atoms with E-state index in [9.17, 15) is 4.39 Å². The van der Waals surface area contributed by atoms with Gasteiger partial charge < -0.3 is 9.47 Å². The van der Waals surface area contributed by atoms with Gasteiger partial charge in [-0.1, -0.05) is 24.3 Å². The van der Waals surface area contributed by atoms with E-state index >= 15 is 0 Å². The zero-order valence-electron chi connectivity index (χ0n) is 11.5. The summed E-state index contributed by atoms with van der Waals surface area (Å²) in [6.07, 6.45) is 0. The first-order valence-electron chi connectivity index (χ1n) is 6.25. The van der Waals surface area contributed by atoms with Crippen molar-refractivity contribution in [3.8, 4) is 11.5 Å². The molecule has 0 atom stereocenters. The molecular weight excluding hydrogens is 279 g/mol. The summed E-state index contributed by atoms with van der Waals surface area (Å²) in [5.41, 5.74) is 2.69. The highest BCUT2D eigenvalue weighted by Gasteiger charge is 2.08. The highest BCUT2D eigenvalue weighted by molar-refractivity contribution is 6.17. The summed E-state index contributed by atoms with van der Waals surface area (Å²) in [5, 5.41) is 0. The summed E-state index contributed by atoms with van der Waals surface area (Å²) in [5.74, 6) is 0.981. The smallest absolute Gasteiger partial charge is 0.165 e. The van der Waals surface area contributed by atoms with Gasteiger partial charge in [-0.2, -0.15) is 0 Å². The van der Waals surface area contributed by atoms with Crippen molar-refractivity contribution < 1.29 is 13.9 Å². The van der Waals surface area contributed by atoms with Crippen LogP contribution in [0.4, 0.5) is 4.39 Å². The average Bonchev–Trinajstić information content (AvgIpc) is 2.46. The fourth-order valence-electron chi connectivity index (χ4n) is 1.98. The van der Waals surface area contributed by atoms with Gasteiger partial charge in [0.15, 0.2) is 11.6 Å². The van der Waals surface area contributed by atoms with E-state index in [0.29, 0.717) is 5.88 Å². The Hall–Kier alpha value is -1.74. The lowest BCUT2D eigenvalue weighted by Gasteiger charge is -2.13. The Morgan fingerprint density at radius 1 is 1.20 bits per heavy atom. The van der Waals surface area contributed by atoms with Crippen molar-refractivity contribution in [2.45, 2.75) is 19.4 Å². The molecule has 0 bridgehead atoms. The average molecular weight is 295 g/mol. The number of para-hydroxylation sites is 1. The van der Waals surface area contributed by atoms with Crippen molar-refractivity contribution in [1.82, 2.24) is 0 Å². The predicted molar refractivity (Wildman–Crippen MR) is 78.0 cm³/mol. The molecule has 0 saturated heterocycles. The van der Waals surface area contributed by atoms with Gasteiger partial charge in [-0.3, -0.25) is 0 Å². The maximum absolute atomic E-state index is 13.6. The van der Waals surface area contributed by atoms with Gasteiger partial charge in [0.25, 0.3) is 0 Å². The Morgan fingerprint density at radius 3 is 2.65 bits per heavy atom. The molecule has 2 aromatic carbocycles. The standard InChI is InChI=1S/C16H16ClFO2/c1-11-4-3-5-13(9-17)16(11)20-10-12-6-7-15(19-2)14(18)8-12/h3-8H,9-10H2,1-2H3. The summed E-state index contributed by atoms with van der Waals surface area (Å²) in [4.78, 5) is 0. The van der Waals surface area contributed by atoms with Gasteiger partial charge >= 0.3 is 0 Å². The van der Waals surface area contributed by atoms with Gasteiger partial charge in [0.05, 0.1) is 13.0 Å². The fraction of sp³-hybridized carbons (Fsp3) is 0.250. The van der Waals surface area contributed by atoms with Crippen LogP contribution in [0.15, 0.2) is 36.4 Å². The van der Waals surface area contributed by atoms with E-state index in [2.05, 4.69) is 0 Å². The van der Waals surface area contributed by atoms with Gasteiger partial charge in [-0.15, -0.1) is 11.6 Å². The third-order valence-corrected chi connectivity index (χ3v) is 3.32. The Morgan fingerprint density at radius 2 is 2.00 bits per heavy atom. The molecule has 0 N–H and O–H groups in total. The number of benzene rings is 2. The number of rotatable bonds is 5. The third kappa shape index (κ3) is 3.23. The van der Waals surface area contributed by atoms with Gasteiger partial charge in [0, 0.05) is 5.56 Å². The summed E-state index contributed by atoms with van der Waals surface area (Å²) in [6, 6.07) is 10.6. The minimum Gasteiger partial charge on any atom is -0.494 e. The van der Waals surface area contributed by atoms with Crippen LogP contribution < -0.4 is 9.47 Å². The lowest BCUT2D eigenvalue weighted by molar-refractivity contribution is 0.300. The van der Waals surface area contributed by atoms with Crippen LogP contribution >= 0.6 is 11.6 Å². The molecule has 0 aliphatic carbocycles. The molecule has 0 aliphatic rings. The molecule has 4 heteroatoms. The maximum Gasteiger partial charge on any atom is 0.165 e. The second-order valence-corrected chi connectivity index (χ2v) is 4.72. The molecule has 2 aromatic rings. The first-order chi connectivity index (χ1) is 9.65. The number of alkyl halides is 1. The van der Waals surface area contributed by atoms with E-state index in [0.717, 1.165) is 22.4 Å². The van der Waals surface area contributed by atoms with E-state index in [4.69, 9.17) is 21.1 Å². The normalized spacial score (nSPS) is 10.4. The molecule has 0 radical (unpaired) electrons. The molecule has 0 heterocycles. The van der Waals surface area contributed by atoms with Crippen molar-refractivity contribution >= 4 is 11.6 Å². The molecule has 106 valence electrons. The van der Waals surface area contributed by atoms with E-state index in [-0.39, 0.29) is 12.4 Å². The van der Waals surface area contributed by atoms with Gasteiger partial charge in [-0.25, -0.2) is 4.39 Å². The molecule has 2 rings (SSSR count). The minimum atomic E-state index is -0.393. The topological polar surface area (TPSA) is 18.5 Å². The summed E-state index contributed by atoms with van der Waals surface area (Å²) < 4.78 is 24.3. The first-order valence-corrected chi connectivity index (χ1v) is 6.79. The van der Waals surface area contributed by atoms with Crippen LogP contribution in [0.1, 0.15) is 16.7 Å². The zero-order chi connectivity index (χ0) is 14.5. The van der Waals surface area contributed by atoms with Crippen molar-refractivity contribution in [1.29, 1.82) is 0 Å². The van der Waals surface area contributed by atoms with Crippen molar-refractivity contribution in [3.63, 3.8) is 0 Å². The van der Waals surface area contributed by atoms with Crippen molar-refractivity contribution in [3.05, 3.63) is 58.9 Å². The van der Waals surface area contributed by atoms with E-state index < -0.39 is 5.82 Å². The van der Waals surface area contributed by atoms with Crippen LogP contribution in [-0.2, 0) is 12.5 Å². The van der Waals surface area contributed by atoms with E-state index in [1.54, 1.807) is 12.1 Å². The zero-order valence-corrected chi connectivity index (χ0v) is 12.2. The molecule has 0 aromatic heterocycles. The van der Waals surface area contributed by atoms with Crippen molar-refractivity contribution in [2.75, 3.05) is 7.11 Å². The van der Waals surface area contributed by atoms with Gasteiger partial charge in [0.1, 0.15) is 12.4 Å². The van der Waals surface area contributed by atoms with Crippen LogP contribution in [0.5, 0.6) is 11.5 Å². The Kier molecular flexibility index (Phi) is 4.85. The van der Waals surface area contributed by atoms with E-state index in [1.807, 2.05) is 25.1 Å². The summed E-state index contributed by atoms with van der Waals surface area (Å²) >= 11 is 5.89. The van der Waals surface area contributed by atoms with Crippen molar-refractivity contribution in [2.24, 2.45) is 0 Å². The number of methoxy groups -OCH3 is 1. The summed E-state index contributed by atoms with van der Waals surface area (Å²) in [6.45, 7) is 2.25. The van der Waals surface area contributed by atoms with Gasteiger partial charge in [-0.05, 0) is 30.2 Å². The van der Waals surface area contributed by atoms with E-state index in [1.165, 1.54) is 13.2 Å². The van der Waals surface area contributed by atoms with Crippen LogP contribution in [0, 0.1) is 12.7 Å². The Bertz CT molecular complexity index is 599. The largest absolute Gasteiger partial charge is 0.494 e. The van der Waals surface area contributed by atoms with Crippen LogP contribution in [0.3, 0.4) is 0 Å². The molecule has 0 spiro atoms. The second-order valence-electron chi connectivity index (χ2n) is 4.45. The number of halogens is 2. The number of hydrogen-bond donors (Lipinski definition) is 0. The lowest BCUT2D eigenvalue weighted by Crippen LogP contribution is -2.00. The molecule has 20 heavy (non-hydrogen) atoms. The fourth-order valence-corrected chi connectivity index (χ4v) is 2.19. The molecular formula is C16H16ClFO2. The lowest BCUT2D eigenvalue weighted by atomic mass is 10.1. The molecule has 2 nitrogen and oxygen atoms in total. The monoisotopic (exact) mass is 294 g/mol. The quantitative estimate of drug-likeness (QED) is 0.758. The Balaban J connectivity index is 2.15. The highest BCUT2D eigenvalue weighted by Crippen LogP contribution is 2.26. The van der Waals surface area contributed by atoms with Crippen LogP contribution in [0.25, 0.3) is 0 Å². The molecule has 0 saturated carbocycles. The molecule has 0 amide bonds. The Labute approximate surface area is 123 Å². The first kappa shape index (κ1) is 14.7. The predicted octanol–water partition coefficient (Wildman–Crippen LogP) is 4.46. The molecule has 0 unspecified atom stereocenters. The highest BCUT2D eigenvalue weighted by atomic mass is 35.5. The third-order valence-electron chi connectivity index (χ3n) is 3.04. The molecule has 0 aliphatic heterocycles. The maximum atomic E-state index is 13.6. The summed E-state index contributed by atoms with van der Waals surface area (Å²) in [7, 11) is 1.44. The number of aryl methyl sites for hydroxylation is 1. The second kappa shape index (κ2) is 6.62. The minimum absolute atomic E-state index is 0.228. The van der Waals surface area contributed by atoms with Gasteiger partial charge in [0.2, 0.25) is 0 Å². The molecule has 0 fully saturated rings.